The van der Waals surface area contributed by atoms with Crippen LogP contribution in [0.25, 0.3) is 22.8 Å². The standard InChI is InChI=1S/C16H16BrN5O/c1-8-5-11(9(2)19-8)10-6-14(18)22-15(7-10)20-16(21-22)12-3-4-13(17)23-12/h3-9,19H,18H2,1-2H3. The maximum atomic E-state index is 6.17. The van der Waals surface area contributed by atoms with E-state index in [2.05, 4.69) is 51.3 Å². The van der Waals surface area contributed by atoms with Crippen LogP contribution in [0.15, 0.2) is 39.4 Å². The van der Waals surface area contributed by atoms with Gasteiger partial charge in [0.05, 0.1) is 0 Å². The van der Waals surface area contributed by atoms with Crippen molar-refractivity contribution in [2.45, 2.75) is 25.9 Å². The third-order valence-electron chi connectivity index (χ3n) is 4.00. The van der Waals surface area contributed by atoms with Crippen LogP contribution in [0, 0.1) is 0 Å². The van der Waals surface area contributed by atoms with Crippen LogP contribution in [0.2, 0.25) is 0 Å². The lowest BCUT2D eigenvalue weighted by atomic mass is 10.0. The molecule has 4 heterocycles. The van der Waals surface area contributed by atoms with E-state index in [0.29, 0.717) is 33.8 Å². The molecule has 0 spiro atoms. The molecule has 3 aromatic heterocycles. The fraction of sp³-hybridized carbons (Fsp3) is 0.250. The van der Waals surface area contributed by atoms with E-state index in [4.69, 9.17) is 10.2 Å². The molecule has 0 amide bonds. The lowest BCUT2D eigenvalue weighted by molar-refractivity contribution is 0.551. The third-order valence-corrected chi connectivity index (χ3v) is 4.43. The lowest BCUT2D eigenvalue weighted by Gasteiger charge is -2.11. The number of furan rings is 1. The summed E-state index contributed by atoms with van der Waals surface area (Å²) in [6, 6.07) is 8.22. The number of fused-ring (bicyclic) bond motifs is 1. The number of rotatable bonds is 2. The molecule has 118 valence electrons. The van der Waals surface area contributed by atoms with Crippen LogP contribution in [-0.2, 0) is 0 Å². The minimum Gasteiger partial charge on any atom is -0.446 e. The highest BCUT2D eigenvalue weighted by molar-refractivity contribution is 9.10. The van der Waals surface area contributed by atoms with E-state index in [0.717, 1.165) is 5.56 Å². The first-order valence-corrected chi connectivity index (χ1v) is 8.21. The molecule has 0 radical (unpaired) electrons. The first kappa shape index (κ1) is 14.5. The molecule has 6 nitrogen and oxygen atoms in total. The highest BCUT2D eigenvalue weighted by Gasteiger charge is 2.21. The minimum atomic E-state index is 0.287. The van der Waals surface area contributed by atoms with Gasteiger partial charge in [-0.2, -0.15) is 4.52 Å². The van der Waals surface area contributed by atoms with E-state index in [9.17, 15) is 0 Å². The summed E-state index contributed by atoms with van der Waals surface area (Å²) in [6.45, 7) is 4.28. The molecule has 2 atom stereocenters. The Bertz CT molecular complexity index is 926. The van der Waals surface area contributed by atoms with Crippen molar-refractivity contribution in [2.75, 3.05) is 5.73 Å². The molecule has 3 N–H and O–H groups in total. The first-order valence-electron chi connectivity index (χ1n) is 7.41. The first-order chi connectivity index (χ1) is 11.0. The number of aromatic nitrogens is 3. The SMILES string of the molecule is CC1C=C(c2cc(N)n3nc(-c4ccc(Br)o4)nc3c2)C(C)N1. The molecular formula is C16H16BrN5O. The van der Waals surface area contributed by atoms with Gasteiger partial charge in [0.15, 0.2) is 16.1 Å². The van der Waals surface area contributed by atoms with E-state index in [1.807, 2.05) is 24.3 Å². The topological polar surface area (TPSA) is 81.4 Å². The zero-order valence-electron chi connectivity index (χ0n) is 12.7. The van der Waals surface area contributed by atoms with Crippen molar-refractivity contribution in [1.29, 1.82) is 0 Å². The smallest absolute Gasteiger partial charge is 0.218 e. The summed E-state index contributed by atoms with van der Waals surface area (Å²) in [4.78, 5) is 4.54. The van der Waals surface area contributed by atoms with Crippen LogP contribution in [0.3, 0.4) is 0 Å². The number of anilines is 1. The number of nitrogen functional groups attached to an aromatic ring is 1. The fourth-order valence-electron chi connectivity index (χ4n) is 3.01. The Morgan fingerprint density at radius 3 is 2.78 bits per heavy atom. The van der Waals surface area contributed by atoms with Crippen LogP contribution in [0.5, 0.6) is 0 Å². The zero-order valence-corrected chi connectivity index (χ0v) is 14.3. The van der Waals surface area contributed by atoms with Gasteiger partial charge in [-0.15, -0.1) is 5.10 Å². The highest BCUT2D eigenvalue weighted by atomic mass is 79.9. The predicted octanol–water partition coefficient (Wildman–Crippen LogP) is 3.10. The van der Waals surface area contributed by atoms with E-state index in [1.165, 1.54) is 5.57 Å². The molecule has 0 saturated heterocycles. The van der Waals surface area contributed by atoms with E-state index < -0.39 is 0 Å². The van der Waals surface area contributed by atoms with Crippen LogP contribution >= 0.6 is 15.9 Å². The summed E-state index contributed by atoms with van der Waals surface area (Å²) in [5.74, 6) is 1.67. The van der Waals surface area contributed by atoms with Gasteiger partial charge in [0.2, 0.25) is 5.82 Å². The highest BCUT2D eigenvalue weighted by Crippen LogP contribution is 2.28. The molecular weight excluding hydrogens is 358 g/mol. The number of hydrogen-bond acceptors (Lipinski definition) is 5. The van der Waals surface area contributed by atoms with Gasteiger partial charge in [0.25, 0.3) is 0 Å². The van der Waals surface area contributed by atoms with Crippen LogP contribution in [0.1, 0.15) is 19.4 Å². The zero-order chi connectivity index (χ0) is 16.1. The molecule has 7 heteroatoms. The second-order valence-corrected chi connectivity index (χ2v) is 6.56. The molecule has 0 saturated carbocycles. The second kappa shape index (κ2) is 5.21. The minimum absolute atomic E-state index is 0.287. The molecule has 3 aromatic rings. The summed E-state index contributed by atoms with van der Waals surface area (Å²) >= 11 is 3.29. The quantitative estimate of drug-likeness (QED) is 0.721. The monoisotopic (exact) mass is 373 g/mol. The maximum Gasteiger partial charge on any atom is 0.218 e. The molecule has 0 aliphatic carbocycles. The number of nitrogens with two attached hydrogens (primary N) is 1. The molecule has 23 heavy (non-hydrogen) atoms. The van der Waals surface area contributed by atoms with Crippen molar-refractivity contribution < 1.29 is 4.42 Å². The van der Waals surface area contributed by atoms with Crippen molar-refractivity contribution >= 4 is 33.0 Å². The van der Waals surface area contributed by atoms with Gasteiger partial charge in [0.1, 0.15) is 5.82 Å². The summed E-state index contributed by atoms with van der Waals surface area (Å²) in [5, 5.41) is 7.90. The van der Waals surface area contributed by atoms with Gasteiger partial charge in [-0.25, -0.2) is 4.98 Å². The Morgan fingerprint density at radius 1 is 1.30 bits per heavy atom. The predicted molar refractivity (Wildman–Crippen MR) is 92.8 cm³/mol. The molecule has 1 aliphatic rings. The number of nitrogens with one attached hydrogen (secondary N) is 1. The maximum absolute atomic E-state index is 6.17. The van der Waals surface area contributed by atoms with Gasteiger partial charge in [-0.3, -0.25) is 0 Å². The van der Waals surface area contributed by atoms with Gasteiger partial charge in [-0.05, 0) is 65.2 Å². The Hall–Kier alpha value is -2.12. The van der Waals surface area contributed by atoms with E-state index in [-0.39, 0.29) is 6.04 Å². The lowest BCUT2D eigenvalue weighted by Crippen LogP contribution is -2.26. The Kier molecular flexibility index (Phi) is 3.28. The number of pyridine rings is 1. The molecule has 1 aliphatic heterocycles. The summed E-state index contributed by atoms with van der Waals surface area (Å²) in [5.41, 5.74) is 9.18. The average Bonchev–Trinajstić information content (AvgIpc) is 3.17. The summed E-state index contributed by atoms with van der Waals surface area (Å²) in [7, 11) is 0. The number of nitrogens with zero attached hydrogens (tertiary/aromatic N) is 3. The summed E-state index contributed by atoms with van der Waals surface area (Å²) < 4.78 is 7.79. The molecule has 0 bridgehead atoms. The van der Waals surface area contributed by atoms with E-state index >= 15 is 0 Å². The largest absolute Gasteiger partial charge is 0.446 e. The van der Waals surface area contributed by atoms with Crippen molar-refractivity contribution in [3.8, 4) is 11.6 Å². The number of hydrogen-bond donors (Lipinski definition) is 2. The Balaban J connectivity index is 1.83. The third kappa shape index (κ3) is 2.46. The molecule has 0 aromatic carbocycles. The van der Waals surface area contributed by atoms with Crippen molar-refractivity contribution in [3.05, 3.63) is 40.6 Å². The van der Waals surface area contributed by atoms with Crippen LogP contribution < -0.4 is 11.1 Å². The number of halogens is 1. The van der Waals surface area contributed by atoms with Crippen LogP contribution in [-0.4, -0.2) is 26.7 Å². The van der Waals surface area contributed by atoms with Gasteiger partial charge in [0, 0.05) is 12.1 Å². The van der Waals surface area contributed by atoms with Crippen LogP contribution in [0.4, 0.5) is 5.82 Å². The normalized spacial score (nSPS) is 21.1. The van der Waals surface area contributed by atoms with Crippen molar-refractivity contribution in [2.24, 2.45) is 0 Å². The average molecular weight is 374 g/mol. The van der Waals surface area contributed by atoms with Crippen molar-refractivity contribution in [3.63, 3.8) is 0 Å². The van der Waals surface area contributed by atoms with Gasteiger partial charge in [-0.1, -0.05) is 6.08 Å². The summed E-state index contributed by atoms with van der Waals surface area (Å²) in [6.07, 6.45) is 2.22. The fourth-order valence-corrected chi connectivity index (χ4v) is 3.31. The Labute approximate surface area is 141 Å². The molecule has 4 rings (SSSR count). The Morgan fingerprint density at radius 2 is 2.13 bits per heavy atom. The van der Waals surface area contributed by atoms with Gasteiger partial charge >= 0.3 is 0 Å². The second-order valence-electron chi connectivity index (χ2n) is 5.78. The molecule has 2 unspecified atom stereocenters. The van der Waals surface area contributed by atoms with Gasteiger partial charge < -0.3 is 15.5 Å². The van der Waals surface area contributed by atoms with E-state index in [1.54, 1.807) is 4.52 Å². The van der Waals surface area contributed by atoms with Crippen molar-refractivity contribution in [1.82, 2.24) is 19.9 Å². The molecule has 0 fully saturated rings.